The molecule has 0 spiro atoms. The zero-order valence-corrected chi connectivity index (χ0v) is 15.5. The number of para-hydroxylation sites is 2. The number of methoxy groups -OCH3 is 2. The van der Waals surface area contributed by atoms with E-state index in [0.29, 0.717) is 11.3 Å². The number of aromatic amines is 1. The molecule has 1 heterocycles. The summed E-state index contributed by atoms with van der Waals surface area (Å²) >= 11 is 0. The number of anilines is 1. The summed E-state index contributed by atoms with van der Waals surface area (Å²) in [6, 6.07) is 11.6. The Morgan fingerprint density at radius 1 is 1.15 bits per heavy atom. The molecule has 0 saturated heterocycles. The van der Waals surface area contributed by atoms with Crippen LogP contribution in [0.2, 0.25) is 0 Å². The third kappa shape index (κ3) is 4.18. The van der Waals surface area contributed by atoms with Crippen molar-refractivity contribution >= 4 is 32.9 Å². The highest BCUT2D eigenvalue weighted by Crippen LogP contribution is 2.27. The van der Waals surface area contributed by atoms with Crippen LogP contribution in [0.4, 0.5) is 5.95 Å². The first kappa shape index (κ1) is 18.7. The maximum Gasteiger partial charge on any atom is 0.244 e. The number of amides is 1. The van der Waals surface area contributed by atoms with E-state index in [9.17, 15) is 13.2 Å². The number of carbonyl (C=O) groups is 1. The van der Waals surface area contributed by atoms with Gasteiger partial charge >= 0.3 is 0 Å². The molecule has 3 N–H and O–H groups in total. The van der Waals surface area contributed by atoms with E-state index >= 15 is 0 Å². The second-order valence-electron chi connectivity index (χ2n) is 5.49. The van der Waals surface area contributed by atoms with Crippen LogP contribution in [0.15, 0.2) is 47.4 Å². The fourth-order valence-electron chi connectivity index (χ4n) is 2.42. The predicted molar refractivity (Wildman–Crippen MR) is 99.5 cm³/mol. The van der Waals surface area contributed by atoms with E-state index in [4.69, 9.17) is 9.47 Å². The van der Waals surface area contributed by atoms with E-state index in [1.807, 2.05) is 18.2 Å². The summed E-state index contributed by atoms with van der Waals surface area (Å²) in [4.78, 5) is 19.1. The van der Waals surface area contributed by atoms with E-state index < -0.39 is 22.5 Å². The molecule has 0 unspecified atom stereocenters. The van der Waals surface area contributed by atoms with Gasteiger partial charge in [-0.25, -0.2) is 18.1 Å². The second kappa shape index (κ2) is 7.64. The van der Waals surface area contributed by atoms with Crippen molar-refractivity contribution in [2.75, 3.05) is 26.1 Å². The van der Waals surface area contributed by atoms with E-state index in [1.165, 1.54) is 26.4 Å². The fraction of sp³-hybridized carbons (Fsp3) is 0.176. The van der Waals surface area contributed by atoms with Crippen LogP contribution >= 0.6 is 0 Å². The normalized spacial score (nSPS) is 11.3. The Morgan fingerprint density at radius 3 is 2.63 bits per heavy atom. The number of H-pyrrole nitrogens is 1. The van der Waals surface area contributed by atoms with Crippen LogP contribution in [0.3, 0.4) is 0 Å². The molecule has 0 saturated carbocycles. The minimum Gasteiger partial charge on any atom is -0.497 e. The fourth-order valence-corrected chi connectivity index (χ4v) is 3.58. The Hall–Kier alpha value is -3.11. The first-order valence-corrected chi connectivity index (χ1v) is 9.37. The van der Waals surface area contributed by atoms with Gasteiger partial charge in [0.2, 0.25) is 21.9 Å². The minimum absolute atomic E-state index is 0.124. The van der Waals surface area contributed by atoms with Crippen LogP contribution in [0, 0.1) is 0 Å². The Balaban J connectivity index is 1.70. The van der Waals surface area contributed by atoms with Crippen molar-refractivity contribution in [3.8, 4) is 11.5 Å². The number of hydrogen-bond donors (Lipinski definition) is 3. The highest BCUT2D eigenvalue weighted by atomic mass is 32.2. The van der Waals surface area contributed by atoms with E-state index in [0.717, 1.165) is 5.52 Å². The van der Waals surface area contributed by atoms with Gasteiger partial charge in [0.25, 0.3) is 0 Å². The molecule has 0 aliphatic heterocycles. The van der Waals surface area contributed by atoms with Crippen molar-refractivity contribution in [2.24, 2.45) is 0 Å². The molecular weight excluding hydrogens is 372 g/mol. The van der Waals surface area contributed by atoms with Crippen LogP contribution in [0.1, 0.15) is 0 Å². The number of imidazole rings is 1. The van der Waals surface area contributed by atoms with Gasteiger partial charge in [-0.15, -0.1) is 0 Å². The smallest absolute Gasteiger partial charge is 0.244 e. The number of rotatable bonds is 7. The molecule has 0 radical (unpaired) electrons. The highest BCUT2D eigenvalue weighted by molar-refractivity contribution is 7.89. The largest absolute Gasteiger partial charge is 0.497 e. The van der Waals surface area contributed by atoms with Crippen molar-refractivity contribution in [1.29, 1.82) is 0 Å². The van der Waals surface area contributed by atoms with Crippen LogP contribution in [0.5, 0.6) is 11.5 Å². The zero-order chi connectivity index (χ0) is 19.4. The molecule has 3 rings (SSSR count). The van der Waals surface area contributed by atoms with Crippen molar-refractivity contribution < 1.29 is 22.7 Å². The lowest BCUT2D eigenvalue weighted by atomic mass is 10.3. The number of sulfonamides is 1. The number of nitrogens with one attached hydrogen (secondary N) is 3. The van der Waals surface area contributed by atoms with Gasteiger partial charge in [-0.05, 0) is 24.3 Å². The Labute approximate surface area is 155 Å². The lowest BCUT2D eigenvalue weighted by Crippen LogP contribution is -2.33. The molecule has 0 aliphatic rings. The minimum atomic E-state index is -3.99. The lowest BCUT2D eigenvalue weighted by Gasteiger charge is -2.12. The summed E-state index contributed by atoms with van der Waals surface area (Å²) in [5.41, 5.74) is 1.45. The Kier molecular flexibility index (Phi) is 5.28. The molecular formula is C17H18N4O5S. The van der Waals surface area contributed by atoms with Crippen molar-refractivity contribution in [3.05, 3.63) is 42.5 Å². The summed E-state index contributed by atoms with van der Waals surface area (Å²) in [6.07, 6.45) is 0. The summed E-state index contributed by atoms with van der Waals surface area (Å²) in [6.45, 7) is -0.472. The molecule has 27 heavy (non-hydrogen) atoms. The van der Waals surface area contributed by atoms with E-state index in [-0.39, 0.29) is 16.6 Å². The molecule has 1 amide bonds. The number of carbonyl (C=O) groups excluding carboxylic acids is 1. The molecule has 0 bridgehead atoms. The summed E-state index contributed by atoms with van der Waals surface area (Å²) in [5.74, 6) is 0.155. The molecule has 2 aromatic carbocycles. The van der Waals surface area contributed by atoms with Gasteiger partial charge in [-0.2, -0.15) is 0 Å². The molecule has 9 nitrogen and oxygen atoms in total. The summed E-state index contributed by atoms with van der Waals surface area (Å²) in [5, 5.41) is 2.52. The van der Waals surface area contributed by atoms with Crippen LogP contribution in [-0.4, -0.2) is 45.1 Å². The van der Waals surface area contributed by atoms with Gasteiger partial charge < -0.3 is 14.5 Å². The maximum atomic E-state index is 12.5. The lowest BCUT2D eigenvalue weighted by molar-refractivity contribution is -0.115. The number of ether oxygens (including phenoxy) is 2. The first-order valence-electron chi connectivity index (χ1n) is 7.89. The average molecular weight is 390 g/mol. The van der Waals surface area contributed by atoms with Crippen LogP contribution in [-0.2, 0) is 14.8 Å². The van der Waals surface area contributed by atoms with Gasteiger partial charge in [0.15, 0.2) is 0 Å². The second-order valence-corrected chi connectivity index (χ2v) is 7.23. The van der Waals surface area contributed by atoms with Gasteiger partial charge in [0.1, 0.15) is 16.4 Å². The zero-order valence-electron chi connectivity index (χ0n) is 14.6. The first-order chi connectivity index (χ1) is 12.9. The Morgan fingerprint density at radius 2 is 1.93 bits per heavy atom. The number of nitrogens with zero attached hydrogens (tertiary/aromatic N) is 1. The quantitative estimate of drug-likeness (QED) is 0.562. The number of hydrogen-bond acceptors (Lipinski definition) is 6. The number of benzene rings is 2. The van der Waals surface area contributed by atoms with Crippen LogP contribution in [0.25, 0.3) is 11.0 Å². The average Bonchev–Trinajstić information content (AvgIpc) is 3.08. The van der Waals surface area contributed by atoms with Gasteiger partial charge in [-0.3, -0.25) is 10.1 Å². The molecule has 0 aliphatic carbocycles. The van der Waals surface area contributed by atoms with Gasteiger partial charge in [0, 0.05) is 6.07 Å². The maximum absolute atomic E-state index is 12.5. The van der Waals surface area contributed by atoms with E-state index in [1.54, 1.807) is 12.1 Å². The summed E-state index contributed by atoms with van der Waals surface area (Å²) in [7, 11) is -1.21. The molecule has 10 heteroatoms. The SMILES string of the molecule is COc1ccc(OC)c(S(=O)(=O)NCC(=O)Nc2nc3ccccc3[nH]2)c1. The topological polar surface area (TPSA) is 122 Å². The molecule has 0 atom stereocenters. The monoisotopic (exact) mass is 390 g/mol. The molecule has 1 aromatic heterocycles. The van der Waals surface area contributed by atoms with E-state index in [2.05, 4.69) is 20.0 Å². The Bertz CT molecular complexity index is 1040. The summed E-state index contributed by atoms with van der Waals surface area (Å²) < 4.78 is 37.4. The van der Waals surface area contributed by atoms with Gasteiger partial charge in [-0.1, -0.05) is 12.1 Å². The van der Waals surface area contributed by atoms with Crippen molar-refractivity contribution in [3.63, 3.8) is 0 Å². The third-order valence-electron chi connectivity index (χ3n) is 3.73. The predicted octanol–water partition coefficient (Wildman–Crippen LogP) is 1.50. The van der Waals surface area contributed by atoms with Gasteiger partial charge in [0.05, 0.1) is 31.8 Å². The molecule has 142 valence electrons. The van der Waals surface area contributed by atoms with Crippen LogP contribution < -0.4 is 19.5 Å². The third-order valence-corrected chi connectivity index (χ3v) is 5.15. The molecule has 0 fully saturated rings. The highest BCUT2D eigenvalue weighted by Gasteiger charge is 2.21. The molecule has 3 aromatic rings. The van der Waals surface area contributed by atoms with Crippen molar-refractivity contribution in [2.45, 2.75) is 4.90 Å². The number of aromatic nitrogens is 2. The number of fused-ring (bicyclic) bond motifs is 1. The standard InChI is InChI=1S/C17H18N4O5S/c1-25-11-7-8-14(26-2)15(9-11)27(23,24)18-10-16(22)21-17-19-12-5-3-4-6-13(12)20-17/h3-9,18H,10H2,1-2H3,(H2,19,20,21,22). The van der Waals surface area contributed by atoms with Crippen molar-refractivity contribution in [1.82, 2.24) is 14.7 Å².